The number of amides is 1. The number of nitrogens with one attached hydrogen (secondary N) is 1. The van der Waals surface area contributed by atoms with Gasteiger partial charge in [0.05, 0.1) is 6.61 Å². The van der Waals surface area contributed by atoms with Crippen LogP contribution in [0.15, 0.2) is 18.2 Å². The lowest BCUT2D eigenvalue weighted by atomic mass is 9.87. The maximum atomic E-state index is 12.3. The highest BCUT2D eigenvalue weighted by molar-refractivity contribution is 5.89. The monoisotopic (exact) mass is 302 g/mol. The second-order valence-corrected chi connectivity index (χ2v) is 5.77. The summed E-state index contributed by atoms with van der Waals surface area (Å²) in [5.41, 5.74) is 0.666. The van der Waals surface area contributed by atoms with Crippen LogP contribution >= 0.6 is 0 Å². The zero-order valence-corrected chi connectivity index (χ0v) is 12.9. The summed E-state index contributed by atoms with van der Waals surface area (Å²) in [6.07, 6.45) is 6.63. The molecule has 0 bridgehead atoms. The third-order valence-electron chi connectivity index (χ3n) is 4.13. The van der Waals surface area contributed by atoms with Gasteiger partial charge in [0.2, 0.25) is 17.7 Å². The Kier molecular flexibility index (Phi) is 4.56. The first-order chi connectivity index (χ1) is 10.8. The SMILES string of the molecule is CCOc1cccc2nnc(NC(=O)CC3CCCCC3)n12. The van der Waals surface area contributed by atoms with Gasteiger partial charge in [-0.2, -0.15) is 0 Å². The average Bonchev–Trinajstić information content (AvgIpc) is 2.92. The third kappa shape index (κ3) is 3.21. The molecule has 1 saturated carbocycles. The van der Waals surface area contributed by atoms with Gasteiger partial charge in [-0.1, -0.05) is 25.3 Å². The summed E-state index contributed by atoms with van der Waals surface area (Å²) in [5.74, 6) is 1.57. The summed E-state index contributed by atoms with van der Waals surface area (Å²) in [7, 11) is 0. The van der Waals surface area contributed by atoms with Crippen molar-refractivity contribution in [2.45, 2.75) is 45.4 Å². The number of aromatic nitrogens is 3. The quantitative estimate of drug-likeness (QED) is 0.921. The first-order valence-electron chi connectivity index (χ1n) is 8.04. The van der Waals surface area contributed by atoms with Gasteiger partial charge < -0.3 is 4.74 Å². The minimum absolute atomic E-state index is 0.00695. The van der Waals surface area contributed by atoms with Gasteiger partial charge in [0.1, 0.15) is 0 Å². The van der Waals surface area contributed by atoms with Crippen molar-refractivity contribution < 1.29 is 9.53 Å². The van der Waals surface area contributed by atoms with E-state index in [-0.39, 0.29) is 5.91 Å². The standard InChI is InChI=1S/C16H22N4O2/c1-2-22-15-10-6-9-13-18-19-16(20(13)15)17-14(21)11-12-7-4-3-5-8-12/h6,9-10,12H,2-5,7-8,11H2,1H3,(H,17,19,21). The maximum absolute atomic E-state index is 12.3. The molecular weight excluding hydrogens is 280 g/mol. The van der Waals surface area contributed by atoms with Crippen molar-refractivity contribution in [2.24, 2.45) is 5.92 Å². The smallest absolute Gasteiger partial charge is 0.238 e. The Labute approximate surface area is 129 Å². The lowest BCUT2D eigenvalue weighted by molar-refractivity contribution is -0.117. The second kappa shape index (κ2) is 6.77. The fraction of sp³-hybridized carbons (Fsp3) is 0.562. The zero-order valence-electron chi connectivity index (χ0n) is 12.9. The van der Waals surface area contributed by atoms with E-state index in [4.69, 9.17) is 4.74 Å². The van der Waals surface area contributed by atoms with Crippen molar-refractivity contribution in [1.29, 1.82) is 0 Å². The average molecular weight is 302 g/mol. The van der Waals surface area contributed by atoms with Crippen LogP contribution in [-0.2, 0) is 4.79 Å². The Hall–Kier alpha value is -2.11. The molecule has 0 aliphatic heterocycles. The van der Waals surface area contributed by atoms with E-state index in [1.54, 1.807) is 4.40 Å². The molecule has 0 saturated heterocycles. The van der Waals surface area contributed by atoms with Crippen LogP contribution in [0.25, 0.3) is 5.65 Å². The number of rotatable bonds is 5. The number of hydrogen-bond donors (Lipinski definition) is 1. The van der Waals surface area contributed by atoms with Gasteiger partial charge in [-0.05, 0) is 37.8 Å². The lowest BCUT2D eigenvalue weighted by Crippen LogP contribution is -2.19. The molecule has 118 valence electrons. The molecule has 6 heteroatoms. The maximum Gasteiger partial charge on any atom is 0.238 e. The predicted molar refractivity (Wildman–Crippen MR) is 84.0 cm³/mol. The first kappa shape index (κ1) is 14.8. The van der Waals surface area contributed by atoms with Crippen molar-refractivity contribution in [3.63, 3.8) is 0 Å². The van der Waals surface area contributed by atoms with Gasteiger partial charge in [-0.25, -0.2) is 4.40 Å². The van der Waals surface area contributed by atoms with Crippen LogP contribution in [0.3, 0.4) is 0 Å². The Bertz CT molecular complexity index is 647. The van der Waals surface area contributed by atoms with E-state index in [9.17, 15) is 4.79 Å². The zero-order chi connectivity index (χ0) is 15.4. The predicted octanol–water partition coefficient (Wildman–Crippen LogP) is 3.04. The highest BCUT2D eigenvalue weighted by Gasteiger charge is 2.19. The van der Waals surface area contributed by atoms with E-state index in [1.807, 2.05) is 25.1 Å². The van der Waals surface area contributed by atoms with Crippen molar-refractivity contribution in [3.05, 3.63) is 18.2 Å². The minimum atomic E-state index is 0.00695. The highest BCUT2D eigenvalue weighted by Crippen LogP contribution is 2.27. The molecule has 1 N–H and O–H groups in total. The number of ether oxygens (including phenoxy) is 1. The van der Waals surface area contributed by atoms with Crippen molar-refractivity contribution in [3.8, 4) is 5.88 Å². The largest absolute Gasteiger partial charge is 0.479 e. The molecule has 0 aromatic carbocycles. The Balaban J connectivity index is 1.74. The van der Waals surface area contributed by atoms with Crippen LogP contribution < -0.4 is 10.1 Å². The topological polar surface area (TPSA) is 68.5 Å². The number of pyridine rings is 1. The minimum Gasteiger partial charge on any atom is -0.479 e. The van der Waals surface area contributed by atoms with Gasteiger partial charge >= 0.3 is 0 Å². The van der Waals surface area contributed by atoms with Crippen molar-refractivity contribution in [2.75, 3.05) is 11.9 Å². The molecule has 3 rings (SSSR count). The molecule has 0 radical (unpaired) electrons. The van der Waals surface area contributed by atoms with Crippen molar-refractivity contribution >= 4 is 17.5 Å². The van der Waals surface area contributed by atoms with Crippen LogP contribution in [0.5, 0.6) is 5.88 Å². The number of hydrogen-bond acceptors (Lipinski definition) is 4. The van der Waals surface area contributed by atoms with Crippen LogP contribution in [0.2, 0.25) is 0 Å². The highest BCUT2D eigenvalue weighted by atomic mass is 16.5. The number of anilines is 1. The summed E-state index contributed by atoms with van der Waals surface area (Å²) >= 11 is 0. The summed E-state index contributed by atoms with van der Waals surface area (Å²) in [4.78, 5) is 12.3. The van der Waals surface area contributed by atoms with Gasteiger partial charge in [0.15, 0.2) is 5.65 Å². The van der Waals surface area contributed by atoms with E-state index in [2.05, 4.69) is 15.5 Å². The molecule has 0 atom stereocenters. The van der Waals surface area contributed by atoms with E-state index >= 15 is 0 Å². The normalized spacial score (nSPS) is 15.9. The summed E-state index contributed by atoms with van der Waals surface area (Å²) in [6, 6.07) is 5.55. The third-order valence-corrected chi connectivity index (χ3v) is 4.13. The van der Waals surface area contributed by atoms with E-state index in [1.165, 1.54) is 19.3 Å². The molecule has 6 nitrogen and oxygen atoms in total. The van der Waals surface area contributed by atoms with Crippen LogP contribution in [0.1, 0.15) is 45.4 Å². The van der Waals surface area contributed by atoms with Crippen LogP contribution in [0, 0.1) is 5.92 Å². The number of carbonyl (C=O) groups excluding carboxylic acids is 1. The van der Waals surface area contributed by atoms with Gasteiger partial charge in [-0.15, -0.1) is 10.2 Å². The molecule has 1 amide bonds. The van der Waals surface area contributed by atoms with Gasteiger partial charge in [0, 0.05) is 6.42 Å². The van der Waals surface area contributed by atoms with Gasteiger partial charge in [-0.3, -0.25) is 10.1 Å². The molecule has 0 unspecified atom stereocenters. The van der Waals surface area contributed by atoms with E-state index < -0.39 is 0 Å². The first-order valence-corrected chi connectivity index (χ1v) is 8.04. The molecular formula is C16H22N4O2. The molecule has 1 aliphatic carbocycles. The molecule has 1 aliphatic rings. The summed E-state index contributed by atoms with van der Waals surface area (Å²) < 4.78 is 7.32. The number of fused-ring (bicyclic) bond motifs is 1. The number of carbonyl (C=O) groups is 1. The van der Waals surface area contributed by atoms with E-state index in [0.29, 0.717) is 36.4 Å². The molecule has 2 aromatic heterocycles. The lowest BCUT2D eigenvalue weighted by Gasteiger charge is -2.20. The fourth-order valence-corrected chi connectivity index (χ4v) is 3.08. The number of nitrogens with zero attached hydrogens (tertiary/aromatic N) is 3. The molecule has 22 heavy (non-hydrogen) atoms. The Morgan fingerprint density at radius 2 is 2.14 bits per heavy atom. The molecule has 2 heterocycles. The second-order valence-electron chi connectivity index (χ2n) is 5.77. The van der Waals surface area contributed by atoms with Crippen LogP contribution in [0.4, 0.5) is 5.95 Å². The Morgan fingerprint density at radius 3 is 2.91 bits per heavy atom. The van der Waals surface area contributed by atoms with Crippen molar-refractivity contribution in [1.82, 2.24) is 14.6 Å². The summed E-state index contributed by atoms with van der Waals surface area (Å²) in [5, 5.41) is 11.0. The van der Waals surface area contributed by atoms with E-state index in [0.717, 1.165) is 12.8 Å². The molecule has 0 spiro atoms. The fourth-order valence-electron chi connectivity index (χ4n) is 3.08. The molecule has 1 fully saturated rings. The summed E-state index contributed by atoms with van der Waals surface area (Å²) in [6.45, 7) is 2.47. The Morgan fingerprint density at radius 1 is 1.32 bits per heavy atom. The van der Waals surface area contributed by atoms with Gasteiger partial charge in [0.25, 0.3) is 0 Å². The molecule has 2 aromatic rings. The van der Waals surface area contributed by atoms with Crippen LogP contribution in [-0.4, -0.2) is 27.1 Å².